The van der Waals surface area contributed by atoms with Gasteiger partial charge in [-0.25, -0.2) is 4.99 Å². The van der Waals surface area contributed by atoms with Crippen LogP contribution < -0.4 is 10.2 Å². The highest BCUT2D eigenvalue weighted by Gasteiger charge is 2.13. The van der Waals surface area contributed by atoms with Gasteiger partial charge in [0, 0.05) is 31.6 Å². The zero-order valence-corrected chi connectivity index (χ0v) is 15.4. The highest BCUT2D eigenvalue weighted by molar-refractivity contribution is 6.20. The molecule has 0 spiro atoms. The van der Waals surface area contributed by atoms with E-state index in [0.29, 0.717) is 11.6 Å². The molecule has 1 aromatic rings. The van der Waals surface area contributed by atoms with Gasteiger partial charge in [-0.05, 0) is 55.8 Å². The molecule has 0 heterocycles. The van der Waals surface area contributed by atoms with E-state index in [9.17, 15) is 9.59 Å². The van der Waals surface area contributed by atoms with Crippen LogP contribution in [-0.4, -0.2) is 36.4 Å². The second-order valence-electron chi connectivity index (χ2n) is 5.71. The molecule has 25 heavy (non-hydrogen) atoms. The van der Waals surface area contributed by atoms with Gasteiger partial charge in [0.25, 0.3) is 0 Å². The number of hydrogen-bond acceptors (Lipinski definition) is 4. The molecule has 5 nitrogen and oxygen atoms in total. The van der Waals surface area contributed by atoms with Gasteiger partial charge < -0.3 is 10.2 Å². The van der Waals surface area contributed by atoms with E-state index < -0.39 is 0 Å². The van der Waals surface area contributed by atoms with Crippen molar-refractivity contribution >= 4 is 40.4 Å². The van der Waals surface area contributed by atoms with Crippen LogP contribution in [0.4, 0.5) is 11.4 Å². The summed E-state index contributed by atoms with van der Waals surface area (Å²) in [6.45, 7) is 7.13. The SMILES string of the molecule is CCN(CCCl)c1ccc(N=C2C=CC(=O)C(NC(C)=O)=C2)c(C)c1. The lowest BCUT2D eigenvalue weighted by Crippen LogP contribution is -2.26. The van der Waals surface area contributed by atoms with E-state index in [2.05, 4.69) is 28.2 Å². The molecular weight excluding hydrogens is 338 g/mol. The first-order valence-electron chi connectivity index (χ1n) is 8.16. The standard InChI is InChI=1S/C19H22ClN3O2/c1-4-23(10-9-20)16-6-7-17(13(2)11-16)22-15-5-8-19(25)18(12-15)21-14(3)24/h5-8,11-12H,4,9-10H2,1-3H3,(H,21,24). The molecule has 1 aliphatic carbocycles. The number of aliphatic imine (C=N–C) groups is 1. The Bertz CT molecular complexity index is 766. The molecule has 0 atom stereocenters. The quantitative estimate of drug-likeness (QED) is 0.626. The molecule has 2 rings (SSSR count). The van der Waals surface area contributed by atoms with Crippen LogP contribution in [0, 0.1) is 6.92 Å². The molecular formula is C19H22ClN3O2. The minimum absolute atomic E-state index is 0.235. The maximum atomic E-state index is 11.8. The van der Waals surface area contributed by atoms with Crippen molar-refractivity contribution in [2.24, 2.45) is 4.99 Å². The Morgan fingerprint density at radius 1 is 1.32 bits per heavy atom. The summed E-state index contributed by atoms with van der Waals surface area (Å²) >= 11 is 5.85. The van der Waals surface area contributed by atoms with Crippen LogP contribution >= 0.6 is 11.6 Å². The van der Waals surface area contributed by atoms with Gasteiger partial charge in [0.05, 0.1) is 17.1 Å². The van der Waals surface area contributed by atoms with Gasteiger partial charge in [0.15, 0.2) is 0 Å². The lowest BCUT2D eigenvalue weighted by atomic mass is 10.1. The summed E-state index contributed by atoms with van der Waals surface area (Å²) in [5, 5.41) is 2.53. The first kappa shape index (κ1) is 18.9. The molecule has 1 aliphatic rings. The average Bonchev–Trinajstić information content (AvgIpc) is 2.57. The summed E-state index contributed by atoms with van der Waals surface area (Å²) in [6.07, 6.45) is 4.64. The Kier molecular flexibility index (Phi) is 6.53. The first-order valence-corrected chi connectivity index (χ1v) is 8.70. The predicted molar refractivity (Wildman–Crippen MR) is 103 cm³/mol. The third-order valence-electron chi connectivity index (χ3n) is 3.81. The number of amides is 1. The minimum Gasteiger partial charge on any atom is -0.371 e. The fraction of sp³-hybridized carbons (Fsp3) is 0.316. The van der Waals surface area contributed by atoms with Gasteiger partial charge >= 0.3 is 0 Å². The molecule has 1 amide bonds. The highest BCUT2D eigenvalue weighted by atomic mass is 35.5. The highest BCUT2D eigenvalue weighted by Crippen LogP contribution is 2.25. The summed E-state index contributed by atoms with van der Waals surface area (Å²) in [7, 11) is 0. The molecule has 0 unspecified atom stereocenters. The molecule has 0 saturated heterocycles. The average molecular weight is 360 g/mol. The molecule has 0 radical (unpaired) electrons. The Hall–Kier alpha value is -2.40. The van der Waals surface area contributed by atoms with Gasteiger partial charge in [-0.1, -0.05) is 0 Å². The third kappa shape index (κ3) is 5.03. The van der Waals surface area contributed by atoms with Crippen molar-refractivity contribution in [2.45, 2.75) is 20.8 Å². The van der Waals surface area contributed by atoms with E-state index in [1.165, 1.54) is 13.0 Å². The van der Waals surface area contributed by atoms with Crippen molar-refractivity contribution in [3.05, 3.63) is 47.7 Å². The van der Waals surface area contributed by atoms with E-state index >= 15 is 0 Å². The van der Waals surface area contributed by atoms with Gasteiger partial charge in [0.1, 0.15) is 0 Å². The number of benzene rings is 1. The van der Waals surface area contributed by atoms with Crippen LogP contribution in [0.2, 0.25) is 0 Å². The van der Waals surface area contributed by atoms with Gasteiger partial charge in [-0.15, -0.1) is 11.6 Å². The maximum absolute atomic E-state index is 11.8. The van der Waals surface area contributed by atoms with E-state index in [1.54, 1.807) is 12.2 Å². The van der Waals surface area contributed by atoms with E-state index in [0.717, 1.165) is 30.0 Å². The minimum atomic E-state index is -0.284. The van der Waals surface area contributed by atoms with Crippen LogP contribution in [0.15, 0.2) is 47.1 Å². The molecule has 0 aliphatic heterocycles. The van der Waals surface area contributed by atoms with Crippen molar-refractivity contribution in [3.8, 4) is 0 Å². The Balaban J connectivity index is 2.28. The number of rotatable bonds is 6. The summed E-state index contributed by atoms with van der Waals surface area (Å²) < 4.78 is 0. The van der Waals surface area contributed by atoms with Crippen LogP contribution in [-0.2, 0) is 9.59 Å². The van der Waals surface area contributed by atoms with Crippen molar-refractivity contribution < 1.29 is 9.59 Å². The Morgan fingerprint density at radius 2 is 2.08 bits per heavy atom. The van der Waals surface area contributed by atoms with E-state index in [4.69, 9.17) is 11.6 Å². The number of alkyl halides is 1. The first-order chi connectivity index (χ1) is 11.9. The normalized spacial score (nSPS) is 15.3. The third-order valence-corrected chi connectivity index (χ3v) is 3.97. The molecule has 0 bridgehead atoms. The van der Waals surface area contributed by atoms with Gasteiger partial charge in [-0.2, -0.15) is 0 Å². The van der Waals surface area contributed by atoms with Crippen LogP contribution in [0.1, 0.15) is 19.4 Å². The van der Waals surface area contributed by atoms with Gasteiger partial charge in [-0.3, -0.25) is 9.59 Å². The van der Waals surface area contributed by atoms with Gasteiger partial charge in [0.2, 0.25) is 11.7 Å². The Morgan fingerprint density at radius 3 is 2.68 bits per heavy atom. The second kappa shape index (κ2) is 8.62. The number of nitrogens with one attached hydrogen (secondary N) is 1. The van der Waals surface area contributed by atoms with E-state index in [-0.39, 0.29) is 17.4 Å². The van der Waals surface area contributed by atoms with E-state index in [1.807, 2.05) is 19.1 Å². The van der Waals surface area contributed by atoms with Crippen molar-refractivity contribution in [2.75, 3.05) is 23.9 Å². The number of carbonyl (C=O) groups excluding carboxylic acids is 2. The monoisotopic (exact) mass is 359 g/mol. The number of aryl methyl sites for hydroxylation is 1. The Labute approximate surface area is 153 Å². The molecule has 132 valence electrons. The zero-order chi connectivity index (χ0) is 18.4. The molecule has 0 saturated carbocycles. The van der Waals surface area contributed by atoms with Crippen LogP contribution in [0.3, 0.4) is 0 Å². The fourth-order valence-electron chi connectivity index (χ4n) is 2.55. The van der Waals surface area contributed by atoms with Crippen LogP contribution in [0.25, 0.3) is 0 Å². The number of halogens is 1. The molecule has 0 fully saturated rings. The van der Waals surface area contributed by atoms with Crippen molar-refractivity contribution in [1.82, 2.24) is 5.32 Å². The molecule has 0 aromatic heterocycles. The van der Waals surface area contributed by atoms with Crippen molar-refractivity contribution in [1.29, 1.82) is 0 Å². The summed E-state index contributed by atoms with van der Waals surface area (Å²) in [6, 6.07) is 6.04. The topological polar surface area (TPSA) is 61.8 Å². The largest absolute Gasteiger partial charge is 0.371 e. The summed E-state index contributed by atoms with van der Waals surface area (Å²) in [5.41, 5.74) is 3.80. The second-order valence-corrected chi connectivity index (χ2v) is 6.09. The zero-order valence-electron chi connectivity index (χ0n) is 14.7. The van der Waals surface area contributed by atoms with Crippen molar-refractivity contribution in [3.63, 3.8) is 0 Å². The number of carbonyl (C=O) groups is 2. The number of anilines is 1. The lowest BCUT2D eigenvalue weighted by Gasteiger charge is -2.22. The molecule has 1 N–H and O–H groups in total. The number of nitrogens with zero attached hydrogens (tertiary/aromatic N) is 2. The number of allylic oxidation sites excluding steroid dienone is 3. The number of ketones is 1. The predicted octanol–water partition coefficient (Wildman–Crippen LogP) is 3.29. The lowest BCUT2D eigenvalue weighted by molar-refractivity contribution is -0.120. The van der Waals surface area contributed by atoms with Crippen LogP contribution in [0.5, 0.6) is 0 Å². The molecule has 6 heteroatoms. The number of hydrogen-bond donors (Lipinski definition) is 1. The maximum Gasteiger partial charge on any atom is 0.221 e. The molecule has 1 aromatic carbocycles. The fourth-order valence-corrected chi connectivity index (χ4v) is 2.75. The summed E-state index contributed by atoms with van der Waals surface area (Å²) in [4.78, 5) is 29.7. The smallest absolute Gasteiger partial charge is 0.221 e. The summed E-state index contributed by atoms with van der Waals surface area (Å²) in [5.74, 6) is 0.0570.